The Bertz CT molecular complexity index is 597. The third-order valence-electron chi connectivity index (χ3n) is 2.90. The van der Waals surface area contributed by atoms with Crippen molar-refractivity contribution in [2.24, 2.45) is 0 Å². The van der Waals surface area contributed by atoms with E-state index in [2.05, 4.69) is 20.8 Å². The van der Waals surface area contributed by atoms with Crippen LogP contribution < -0.4 is 10.6 Å². The monoisotopic (exact) mass is 274 g/mol. The lowest BCUT2D eigenvalue weighted by Crippen LogP contribution is -2.51. The van der Waals surface area contributed by atoms with E-state index in [1.807, 2.05) is 0 Å². The molecule has 1 atom stereocenters. The van der Waals surface area contributed by atoms with E-state index >= 15 is 0 Å². The van der Waals surface area contributed by atoms with Gasteiger partial charge < -0.3 is 15.7 Å². The van der Waals surface area contributed by atoms with Gasteiger partial charge in [-0.1, -0.05) is 30.3 Å². The molecule has 0 aliphatic heterocycles. The van der Waals surface area contributed by atoms with Gasteiger partial charge in [-0.3, -0.25) is 5.10 Å². The molecule has 1 aromatic carbocycles. The van der Waals surface area contributed by atoms with Crippen molar-refractivity contribution in [3.05, 3.63) is 48.3 Å². The van der Waals surface area contributed by atoms with Gasteiger partial charge in [-0.2, -0.15) is 5.10 Å². The first-order valence-corrected chi connectivity index (χ1v) is 5.89. The van der Waals surface area contributed by atoms with Gasteiger partial charge in [-0.05, 0) is 12.5 Å². The van der Waals surface area contributed by atoms with Crippen molar-refractivity contribution in [2.75, 3.05) is 5.32 Å². The van der Waals surface area contributed by atoms with Crippen molar-refractivity contribution in [1.82, 2.24) is 15.5 Å². The minimum Gasteiger partial charge on any atom is -0.479 e. The molecule has 2 rings (SSSR count). The number of carboxylic acid groups (broad SMARTS) is 1. The highest BCUT2D eigenvalue weighted by Gasteiger charge is 2.36. The van der Waals surface area contributed by atoms with Gasteiger partial charge in [0.2, 0.25) is 0 Å². The van der Waals surface area contributed by atoms with Gasteiger partial charge in [0.15, 0.2) is 5.54 Å². The van der Waals surface area contributed by atoms with E-state index in [4.69, 9.17) is 0 Å². The molecule has 0 fully saturated rings. The number of aromatic nitrogens is 2. The van der Waals surface area contributed by atoms with Gasteiger partial charge in [0.1, 0.15) is 0 Å². The maximum absolute atomic E-state index is 11.9. The number of urea groups is 1. The Labute approximate surface area is 115 Å². The summed E-state index contributed by atoms with van der Waals surface area (Å²) in [4.78, 5) is 23.4. The van der Waals surface area contributed by atoms with Crippen LogP contribution >= 0.6 is 0 Å². The fourth-order valence-electron chi connectivity index (χ4n) is 1.73. The molecule has 1 aromatic heterocycles. The molecule has 2 aromatic rings. The fourth-order valence-corrected chi connectivity index (χ4v) is 1.73. The van der Waals surface area contributed by atoms with Crippen molar-refractivity contribution in [3.63, 3.8) is 0 Å². The zero-order valence-electron chi connectivity index (χ0n) is 10.8. The van der Waals surface area contributed by atoms with Gasteiger partial charge in [0, 0.05) is 6.20 Å². The van der Waals surface area contributed by atoms with Gasteiger partial charge in [0.05, 0.1) is 11.9 Å². The van der Waals surface area contributed by atoms with E-state index in [1.165, 1.54) is 19.3 Å². The highest BCUT2D eigenvalue weighted by atomic mass is 16.4. The zero-order valence-corrected chi connectivity index (χ0v) is 10.8. The number of nitrogens with one attached hydrogen (secondary N) is 3. The summed E-state index contributed by atoms with van der Waals surface area (Å²) in [5.41, 5.74) is -0.590. The highest BCUT2D eigenvalue weighted by molar-refractivity contribution is 5.94. The number of rotatable bonds is 4. The second-order valence-electron chi connectivity index (χ2n) is 4.36. The van der Waals surface area contributed by atoms with Gasteiger partial charge in [-0.25, -0.2) is 9.59 Å². The number of carbonyl (C=O) groups excluding carboxylic acids is 1. The molecule has 0 spiro atoms. The SMILES string of the molecule is CC(NC(=O)Nc1cn[nH]c1)(C(=O)O)c1ccccc1. The molecular formula is C13H14N4O3. The number of hydrogen-bond donors (Lipinski definition) is 4. The maximum atomic E-state index is 11.9. The predicted octanol–water partition coefficient (Wildman–Crippen LogP) is 1.53. The summed E-state index contributed by atoms with van der Waals surface area (Å²) in [6.45, 7) is 1.43. The van der Waals surface area contributed by atoms with Crippen LogP contribution in [0.25, 0.3) is 0 Å². The lowest BCUT2D eigenvalue weighted by atomic mass is 9.92. The number of nitrogens with zero attached hydrogens (tertiary/aromatic N) is 1. The first-order valence-electron chi connectivity index (χ1n) is 5.89. The van der Waals surface area contributed by atoms with Gasteiger partial charge in [0.25, 0.3) is 0 Å². The van der Waals surface area contributed by atoms with E-state index in [0.717, 1.165) is 0 Å². The third kappa shape index (κ3) is 2.77. The van der Waals surface area contributed by atoms with E-state index in [9.17, 15) is 14.7 Å². The highest BCUT2D eigenvalue weighted by Crippen LogP contribution is 2.21. The summed E-state index contributed by atoms with van der Waals surface area (Å²) >= 11 is 0. The van der Waals surface area contributed by atoms with Crippen molar-refractivity contribution < 1.29 is 14.7 Å². The van der Waals surface area contributed by atoms with Crippen LogP contribution in [0.4, 0.5) is 10.5 Å². The Morgan fingerprint density at radius 2 is 2.00 bits per heavy atom. The van der Waals surface area contributed by atoms with Crippen LogP contribution in [0.5, 0.6) is 0 Å². The Hall–Kier alpha value is -2.83. The van der Waals surface area contributed by atoms with Crippen LogP contribution in [-0.4, -0.2) is 27.3 Å². The van der Waals surface area contributed by atoms with Gasteiger partial charge >= 0.3 is 12.0 Å². The lowest BCUT2D eigenvalue weighted by molar-refractivity contribution is -0.144. The van der Waals surface area contributed by atoms with Gasteiger partial charge in [-0.15, -0.1) is 0 Å². The second-order valence-corrected chi connectivity index (χ2v) is 4.36. The Kier molecular flexibility index (Phi) is 3.69. The van der Waals surface area contributed by atoms with E-state index < -0.39 is 17.5 Å². The molecule has 0 aliphatic rings. The number of carboxylic acids is 1. The van der Waals surface area contributed by atoms with Crippen molar-refractivity contribution in [1.29, 1.82) is 0 Å². The normalized spacial score (nSPS) is 13.2. The molecule has 7 nitrogen and oxygen atoms in total. The number of aromatic amines is 1. The Morgan fingerprint density at radius 3 is 2.55 bits per heavy atom. The lowest BCUT2D eigenvalue weighted by Gasteiger charge is -2.26. The standard InChI is InChI=1S/C13H14N4O3/c1-13(11(18)19,9-5-3-2-4-6-9)17-12(20)16-10-7-14-15-8-10/h2-8H,1H3,(H,14,15)(H,18,19)(H2,16,17,20). The van der Waals surface area contributed by atoms with Crippen LogP contribution in [0.3, 0.4) is 0 Å². The maximum Gasteiger partial charge on any atom is 0.333 e. The largest absolute Gasteiger partial charge is 0.479 e. The summed E-state index contributed by atoms with van der Waals surface area (Å²) in [6, 6.07) is 7.87. The molecule has 7 heteroatoms. The van der Waals surface area contributed by atoms with Crippen LogP contribution in [0.1, 0.15) is 12.5 Å². The van der Waals surface area contributed by atoms with Crippen LogP contribution in [0.2, 0.25) is 0 Å². The summed E-state index contributed by atoms with van der Waals surface area (Å²) < 4.78 is 0. The summed E-state index contributed by atoms with van der Waals surface area (Å²) in [5.74, 6) is -1.15. The molecule has 104 valence electrons. The molecule has 0 aliphatic carbocycles. The molecule has 20 heavy (non-hydrogen) atoms. The van der Waals surface area contributed by atoms with Crippen molar-refractivity contribution in [3.8, 4) is 0 Å². The third-order valence-corrected chi connectivity index (χ3v) is 2.90. The van der Waals surface area contributed by atoms with Crippen LogP contribution in [0.15, 0.2) is 42.7 Å². The average Bonchev–Trinajstić information content (AvgIpc) is 2.92. The number of carbonyl (C=O) groups is 2. The molecule has 0 saturated carbocycles. The number of anilines is 1. The number of benzene rings is 1. The zero-order chi connectivity index (χ0) is 14.6. The average molecular weight is 274 g/mol. The Morgan fingerprint density at radius 1 is 1.30 bits per heavy atom. The number of H-pyrrole nitrogens is 1. The first-order chi connectivity index (χ1) is 9.52. The molecule has 1 unspecified atom stereocenters. The molecule has 0 bridgehead atoms. The second kappa shape index (κ2) is 5.43. The fraction of sp³-hybridized carbons (Fsp3) is 0.154. The predicted molar refractivity (Wildman–Crippen MR) is 72.2 cm³/mol. The number of aliphatic carboxylic acids is 1. The number of amides is 2. The smallest absolute Gasteiger partial charge is 0.333 e. The first kappa shape index (κ1) is 13.6. The quantitative estimate of drug-likeness (QED) is 0.678. The van der Waals surface area contributed by atoms with Crippen LogP contribution in [0, 0.1) is 0 Å². The van der Waals surface area contributed by atoms with E-state index in [0.29, 0.717) is 11.3 Å². The van der Waals surface area contributed by atoms with Crippen molar-refractivity contribution in [2.45, 2.75) is 12.5 Å². The molecule has 0 saturated heterocycles. The minimum absolute atomic E-state index is 0.448. The summed E-state index contributed by atoms with van der Waals surface area (Å²) in [7, 11) is 0. The molecule has 1 heterocycles. The topological polar surface area (TPSA) is 107 Å². The number of hydrogen-bond acceptors (Lipinski definition) is 3. The van der Waals surface area contributed by atoms with Crippen molar-refractivity contribution >= 4 is 17.7 Å². The summed E-state index contributed by atoms with van der Waals surface area (Å²) in [5, 5.41) is 20.6. The molecule has 0 radical (unpaired) electrons. The van der Waals surface area contributed by atoms with E-state index in [-0.39, 0.29) is 0 Å². The molecule has 2 amide bonds. The molecular weight excluding hydrogens is 260 g/mol. The minimum atomic E-state index is -1.52. The van der Waals surface area contributed by atoms with Crippen LogP contribution in [-0.2, 0) is 10.3 Å². The summed E-state index contributed by atoms with van der Waals surface area (Å²) in [6.07, 6.45) is 2.90. The Balaban J connectivity index is 2.18. The molecule has 4 N–H and O–H groups in total. The van der Waals surface area contributed by atoms with E-state index in [1.54, 1.807) is 30.3 Å².